The molecule has 2 rings (SSSR count). The van der Waals surface area contributed by atoms with Crippen molar-refractivity contribution in [2.45, 2.75) is 12.8 Å². The molecule has 8 nitrogen and oxygen atoms in total. The van der Waals surface area contributed by atoms with E-state index in [0.717, 1.165) is 0 Å². The van der Waals surface area contributed by atoms with Crippen molar-refractivity contribution in [3.8, 4) is 0 Å². The van der Waals surface area contributed by atoms with Crippen LogP contribution >= 0.6 is 0 Å². The lowest BCUT2D eigenvalue weighted by Gasteiger charge is -2.19. The van der Waals surface area contributed by atoms with E-state index in [1.165, 1.54) is 12.4 Å². The van der Waals surface area contributed by atoms with Crippen molar-refractivity contribution in [1.29, 1.82) is 0 Å². The van der Waals surface area contributed by atoms with Gasteiger partial charge in [-0.2, -0.15) is 0 Å². The van der Waals surface area contributed by atoms with E-state index in [-0.39, 0.29) is 48.3 Å². The number of rotatable bonds is 8. The molecule has 2 N–H and O–H groups in total. The molecule has 124 valence electrons. The number of aliphatic imine (C=N–C) groups is 1. The van der Waals surface area contributed by atoms with Crippen LogP contribution in [0.25, 0.3) is 0 Å². The Morgan fingerprint density at radius 2 is 1.70 bits per heavy atom. The molecule has 0 aliphatic heterocycles. The molecule has 0 spiro atoms. The lowest BCUT2D eigenvalue weighted by molar-refractivity contribution is 0.0957. The number of fused-ring (bicyclic) bond motifs is 1. The summed E-state index contributed by atoms with van der Waals surface area (Å²) in [6.07, 6.45) is 3.40. The van der Waals surface area contributed by atoms with E-state index in [1.54, 1.807) is 0 Å². The van der Waals surface area contributed by atoms with Gasteiger partial charge >= 0.3 is 0 Å². The maximum absolute atomic E-state index is 12.2. The Balaban J connectivity index is 1.94. The SMILES string of the molecule is O=C1CC(=NCCCN(CCO)CCO)C(=O)c2nccnc21. The Morgan fingerprint density at radius 3 is 2.35 bits per heavy atom. The normalized spacial score (nSPS) is 16.2. The van der Waals surface area contributed by atoms with Gasteiger partial charge in [-0.1, -0.05) is 0 Å². The van der Waals surface area contributed by atoms with Gasteiger partial charge in [0.25, 0.3) is 0 Å². The molecule has 1 aromatic heterocycles. The summed E-state index contributed by atoms with van der Waals surface area (Å²) >= 11 is 0. The number of hydrogen-bond acceptors (Lipinski definition) is 8. The maximum atomic E-state index is 12.2. The maximum Gasteiger partial charge on any atom is 0.227 e. The van der Waals surface area contributed by atoms with Crippen LogP contribution in [0.4, 0.5) is 0 Å². The van der Waals surface area contributed by atoms with Crippen LogP contribution in [0.5, 0.6) is 0 Å². The summed E-state index contributed by atoms with van der Waals surface area (Å²) in [6, 6.07) is 0. The fourth-order valence-electron chi connectivity index (χ4n) is 2.42. The molecule has 0 amide bonds. The second kappa shape index (κ2) is 8.56. The average molecular weight is 320 g/mol. The molecule has 23 heavy (non-hydrogen) atoms. The number of nitrogens with zero attached hydrogens (tertiary/aromatic N) is 4. The van der Waals surface area contributed by atoms with Gasteiger partial charge in [0.1, 0.15) is 11.4 Å². The zero-order valence-electron chi connectivity index (χ0n) is 12.8. The highest BCUT2D eigenvalue weighted by Gasteiger charge is 2.31. The monoisotopic (exact) mass is 320 g/mol. The summed E-state index contributed by atoms with van der Waals surface area (Å²) in [7, 11) is 0. The van der Waals surface area contributed by atoms with Crippen LogP contribution < -0.4 is 0 Å². The molecule has 0 fully saturated rings. The van der Waals surface area contributed by atoms with E-state index < -0.39 is 0 Å². The standard InChI is InChI=1S/C15H20N4O4/c20-8-6-19(7-9-21)5-1-2-16-11-10-12(22)13-14(15(11)23)18-4-3-17-13/h3-4,20-21H,1-2,5-10H2. The van der Waals surface area contributed by atoms with Crippen molar-refractivity contribution in [2.24, 2.45) is 4.99 Å². The first-order valence-corrected chi connectivity index (χ1v) is 7.53. The predicted octanol–water partition coefficient (Wildman–Crippen LogP) is -0.637. The van der Waals surface area contributed by atoms with Crippen molar-refractivity contribution in [2.75, 3.05) is 39.4 Å². The first kappa shape index (κ1) is 17.3. The number of Topliss-reactive ketones (excluding diaryl/α,β-unsaturated/α-hetero) is 2. The van der Waals surface area contributed by atoms with Gasteiger partial charge in [-0.05, 0) is 6.42 Å². The number of aromatic nitrogens is 2. The summed E-state index contributed by atoms with van der Waals surface area (Å²) < 4.78 is 0. The third-order valence-corrected chi connectivity index (χ3v) is 3.54. The van der Waals surface area contributed by atoms with E-state index in [1.807, 2.05) is 4.90 Å². The van der Waals surface area contributed by atoms with Crippen LogP contribution in [0.1, 0.15) is 33.8 Å². The zero-order valence-corrected chi connectivity index (χ0v) is 12.8. The van der Waals surface area contributed by atoms with Crippen molar-refractivity contribution in [3.05, 3.63) is 23.8 Å². The van der Waals surface area contributed by atoms with Gasteiger partial charge in [-0.3, -0.25) is 19.5 Å². The van der Waals surface area contributed by atoms with Crippen molar-refractivity contribution < 1.29 is 19.8 Å². The van der Waals surface area contributed by atoms with E-state index in [0.29, 0.717) is 32.6 Å². The Bertz CT molecular complexity index is 597. The number of carbonyl (C=O) groups is 2. The molecular formula is C15H20N4O4. The highest BCUT2D eigenvalue weighted by Crippen LogP contribution is 2.15. The third kappa shape index (κ3) is 4.47. The van der Waals surface area contributed by atoms with Gasteiger partial charge in [0.2, 0.25) is 5.78 Å². The number of aliphatic hydroxyl groups excluding tert-OH is 2. The topological polar surface area (TPSA) is 116 Å². The number of ketones is 2. The van der Waals surface area contributed by atoms with Crippen LogP contribution in [0, 0.1) is 0 Å². The van der Waals surface area contributed by atoms with E-state index in [4.69, 9.17) is 10.2 Å². The van der Waals surface area contributed by atoms with Crippen LogP contribution in [0.3, 0.4) is 0 Å². The molecule has 0 radical (unpaired) electrons. The number of aliphatic hydroxyl groups is 2. The lowest BCUT2D eigenvalue weighted by atomic mass is 9.96. The van der Waals surface area contributed by atoms with Crippen LogP contribution in [-0.2, 0) is 0 Å². The molecule has 0 saturated carbocycles. The molecule has 0 atom stereocenters. The van der Waals surface area contributed by atoms with Gasteiger partial charge in [-0.25, -0.2) is 9.97 Å². The predicted molar refractivity (Wildman–Crippen MR) is 82.8 cm³/mol. The summed E-state index contributed by atoms with van der Waals surface area (Å²) in [6.45, 7) is 2.07. The molecule has 1 aliphatic rings. The van der Waals surface area contributed by atoms with Gasteiger partial charge in [-0.15, -0.1) is 0 Å². The highest BCUT2D eigenvalue weighted by atomic mass is 16.3. The van der Waals surface area contributed by atoms with Gasteiger partial charge in [0, 0.05) is 38.6 Å². The summed E-state index contributed by atoms with van der Waals surface area (Å²) in [5, 5.41) is 17.9. The fraction of sp³-hybridized carbons (Fsp3) is 0.533. The molecule has 1 heterocycles. The first-order valence-electron chi connectivity index (χ1n) is 7.53. The van der Waals surface area contributed by atoms with E-state index in [2.05, 4.69) is 15.0 Å². The molecule has 0 saturated heterocycles. The Morgan fingerprint density at radius 1 is 1.04 bits per heavy atom. The zero-order chi connectivity index (χ0) is 16.7. The average Bonchev–Trinajstić information content (AvgIpc) is 2.56. The van der Waals surface area contributed by atoms with Crippen molar-refractivity contribution in [1.82, 2.24) is 14.9 Å². The largest absolute Gasteiger partial charge is 0.395 e. The minimum atomic E-state index is -0.338. The summed E-state index contributed by atoms with van der Waals surface area (Å²) in [4.78, 5) is 38.2. The molecule has 1 aliphatic carbocycles. The summed E-state index contributed by atoms with van der Waals surface area (Å²) in [5.41, 5.74) is 0.414. The van der Waals surface area contributed by atoms with Crippen LogP contribution in [0.15, 0.2) is 17.4 Å². The number of hydrogen-bond donors (Lipinski definition) is 2. The van der Waals surface area contributed by atoms with Crippen LogP contribution in [0.2, 0.25) is 0 Å². The van der Waals surface area contributed by atoms with Gasteiger partial charge < -0.3 is 10.2 Å². The second-order valence-corrected chi connectivity index (χ2v) is 5.15. The van der Waals surface area contributed by atoms with Gasteiger partial charge in [0.05, 0.1) is 25.3 Å². The lowest BCUT2D eigenvalue weighted by Crippen LogP contribution is -2.31. The highest BCUT2D eigenvalue weighted by molar-refractivity contribution is 6.52. The molecule has 0 unspecified atom stereocenters. The fourth-order valence-corrected chi connectivity index (χ4v) is 2.42. The Kier molecular flexibility index (Phi) is 6.45. The second-order valence-electron chi connectivity index (χ2n) is 5.15. The Hall–Kier alpha value is -2.03. The number of carbonyl (C=O) groups excluding carboxylic acids is 2. The van der Waals surface area contributed by atoms with Crippen LogP contribution in [-0.4, -0.2) is 81.8 Å². The quantitative estimate of drug-likeness (QED) is 0.612. The van der Waals surface area contributed by atoms with E-state index >= 15 is 0 Å². The molecule has 0 bridgehead atoms. The molecule has 8 heteroatoms. The minimum Gasteiger partial charge on any atom is -0.395 e. The van der Waals surface area contributed by atoms with Gasteiger partial charge in [0.15, 0.2) is 5.78 Å². The minimum absolute atomic E-state index is 0.0248. The van der Waals surface area contributed by atoms with Crippen molar-refractivity contribution >= 4 is 17.3 Å². The Labute approximate surface area is 133 Å². The molecular weight excluding hydrogens is 300 g/mol. The molecule has 0 aromatic carbocycles. The first-order chi connectivity index (χ1) is 11.2. The summed E-state index contributed by atoms with van der Waals surface area (Å²) in [5.74, 6) is -0.580. The van der Waals surface area contributed by atoms with Crippen molar-refractivity contribution in [3.63, 3.8) is 0 Å². The van der Waals surface area contributed by atoms with E-state index in [9.17, 15) is 9.59 Å². The third-order valence-electron chi connectivity index (χ3n) is 3.54. The smallest absolute Gasteiger partial charge is 0.227 e. The molecule has 1 aromatic rings.